The number of rotatable bonds is 3. The van der Waals surface area contributed by atoms with Crippen LogP contribution >= 0.6 is 0 Å². The molecule has 0 saturated heterocycles. The van der Waals surface area contributed by atoms with Crippen molar-refractivity contribution in [1.82, 2.24) is 9.55 Å². The Labute approximate surface area is 100 Å². The van der Waals surface area contributed by atoms with E-state index in [-0.39, 0.29) is 17.9 Å². The molecule has 7 nitrogen and oxygen atoms in total. The summed E-state index contributed by atoms with van der Waals surface area (Å²) in [5.74, 6) is -1.52. The van der Waals surface area contributed by atoms with E-state index in [1.165, 1.54) is 18.5 Å². The van der Waals surface area contributed by atoms with Crippen LogP contribution in [0.3, 0.4) is 0 Å². The van der Waals surface area contributed by atoms with E-state index in [4.69, 9.17) is 9.52 Å². The molecule has 0 aliphatic rings. The van der Waals surface area contributed by atoms with E-state index >= 15 is 0 Å². The fourth-order valence-corrected chi connectivity index (χ4v) is 1.58. The standard InChI is InChI=1S/C11H10N2O5/c1-6-4-12-11(17)13(9(6)14)5-7-2-3-18-8(7)10(15)16/h2-4H,5H2,1H3,(H,12,17)(H,15,16). The van der Waals surface area contributed by atoms with Gasteiger partial charge in [-0.2, -0.15) is 0 Å². The lowest BCUT2D eigenvalue weighted by Crippen LogP contribution is -2.36. The lowest BCUT2D eigenvalue weighted by molar-refractivity contribution is 0.0660. The summed E-state index contributed by atoms with van der Waals surface area (Å²) in [7, 11) is 0. The van der Waals surface area contributed by atoms with Crippen LogP contribution in [-0.2, 0) is 6.54 Å². The smallest absolute Gasteiger partial charge is 0.372 e. The van der Waals surface area contributed by atoms with Gasteiger partial charge in [0.25, 0.3) is 5.56 Å². The first-order valence-corrected chi connectivity index (χ1v) is 5.09. The van der Waals surface area contributed by atoms with Crippen molar-refractivity contribution < 1.29 is 14.3 Å². The van der Waals surface area contributed by atoms with E-state index in [0.717, 1.165) is 4.57 Å². The normalized spacial score (nSPS) is 10.5. The molecule has 94 valence electrons. The van der Waals surface area contributed by atoms with Gasteiger partial charge in [-0.1, -0.05) is 0 Å². The Kier molecular flexibility index (Phi) is 2.88. The number of carboxylic acid groups (broad SMARTS) is 1. The quantitative estimate of drug-likeness (QED) is 0.808. The summed E-state index contributed by atoms with van der Waals surface area (Å²) in [5, 5.41) is 8.86. The maximum Gasteiger partial charge on any atom is 0.372 e. The number of furan rings is 1. The van der Waals surface area contributed by atoms with Crippen LogP contribution in [-0.4, -0.2) is 20.6 Å². The Morgan fingerprint density at radius 2 is 2.22 bits per heavy atom. The summed E-state index contributed by atoms with van der Waals surface area (Å²) in [6.45, 7) is 1.41. The van der Waals surface area contributed by atoms with Crippen LogP contribution in [0.25, 0.3) is 0 Å². The molecule has 0 radical (unpaired) electrons. The molecule has 2 rings (SSSR count). The van der Waals surface area contributed by atoms with Gasteiger partial charge in [0.05, 0.1) is 12.8 Å². The van der Waals surface area contributed by atoms with Gasteiger partial charge in [0.15, 0.2) is 0 Å². The molecule has 2 aromatic rings. The van der Waals surface area contributed by atoms with Gasteiger partial charge in [-0.15, -0.1) is 0 Å². The number of aromatic carboxylic acids is 1. The number of hydrogen-bond donors (Lipinski definition) is 2. The summed E-state index contributed by atoms with van der Waals surface area (Å²) >= 11 is 0. The molecule has 0 aromatic carbocycles. The first-order valence-electron chi connectivity index (χ1n) is 5.09. The highest BCUT2D eigenvalue weighted by atomic mass is 16.4. The third-order valence-corrected chi connectivity index (χ3v) is 2.51. The number of nitrogens with one attached hydrogen (secondary N) is 1. The fraction of sp³-hybridized carbons (Fsp3) is 0.182. The van der Waals surface area contributed by atoms with Gasteiger partial charge < -0.3 is 14.5 Å². The lowest BCUT2D eigenvalue weighted by Gasteiger charge is -2.04. The highest BCUT2D eigenvalue weighted by molar-refractivity contribution is 5.86. The number of aromatic amines is 1. The minimum absolute atomic E-state index is 0.145. The van der Waals surface area contributed by atoms with Gasteiger partial charge in [-0.05, 0) is 13.0 Å². The zero-order valence-corrected chi connectivity index (χ0v) is 9.47. The molecule has 0 spiro atoms. The van der Waals surface area contributed by atoms with Crippen molar-refractivity contribution >= 4 is 5.97 Å². The fourth-order valence-electron chi connectivity index (χ4n) is 1.58. The molecule has 2 aromatic heterocycles. The van der Waals surface area contributed by atoms with Crippen molar-refractivity contribution in [3.63, 3.8) is 0 Å². The van der Waals surface area contributed by atoms with Crippen molar-refractivity contribution in [3.8, 4) is 0 Å². The van der Waals surface area contributed by atoms with Gasteiger partial charge in [-0.25, -0.2) is 9.59 Å². The van der Waals surface area contributed by atoms with Crippen molar-refractivity contribution in [3.05, 3.63) is 56.3 Å². The minimum Gasteiger partial charge on any atom is -0.475 e. The predicted octanol–water partition coefficient (Wildman–Crippen LogP) is 0.185. The predicted molar refractivity (Wildman–Crippen MR) is 60.8 cm³/mol. The number of carboxylic acids is 1. The number of aromatic nitrogens is 2. The van der Waals surface area contributed by atoms with Crippen molar-refractivity contribution in [2.24, 2.45) is 0 Å². The van der Waals surface area contributed by atoms with E-state index in [9.17, 15) is 14.4 Å². The molecule has 0 amide bonds. The molecule has 18 heavy (non-hydrogen) atoms. The number of H-pyrrole nitrogens is 1. The maximum atomic E-state index is 11.8. The van der Waals surface area contributed by atoms with Crippen molar-refractivity contribution in [1.29, 1.82) is 0 Å². The van der Waals surface area contributed by atoms with E-state index in [1.54, 1.807) is 6.92 Å². The molecule has 0 atom stereocenters. The molecule has 2 N–H and O–H groups in total. The van der Waals surface area contributed by atoms with Crippen LogP contribution in [0, 0.1) is 6.92 Å². The van der Waals surface area contributed by atoms with Crippen LogP contribution in [0.5, 0.6) is 0 Å². The molecule has 0 aliphatic heterocycles. The monoisotopic (exact) mass is 250 g/mol. The number of carbonyl (C=O) groups is 1. The Morgan fingerprint density at radius 3 is 2.89 bits per heavy atom. The van der Waals surface area contributed by atoms with Gasteiger partial charge in [0.2, 0.25) is 5.76 Å². The number of aryl methyl sites for hydroxylation is 1. The maximum absolute atomic E-state index is 11.8. The Bertz CT molecular complexity index is 707. The molecule has 0 aliphatic carbocycles. The summed E-state index contributed by atoms with van der Waals surface area (Å²) in [5.41, 5.74) is -0.421. The highest BCUT2D eigenvalue weighted by Gasteiger charge is 2.15. The van der Waals surface area contributed by atoms with Gasteiger partial charge >= 0.3 is 11.7 Å². The molecule has 0 bridgehead atoms. The average Bonchev–Trinajstić information content (AvgIpc) is 2.78. The van der Waals surface area contributed by atoms with Crippen LogP contribution in [0.2, 0.25) is 0 Å². The van der Waals surface area contributed by atoms with E-state index in [0.29, 0.717) is 5.56 Å². The number of hydrogen-bond acceptors (Lipinski definition) is 4. The largest absolute Gasteiger partial charge is 0.475 e. The van der Waals surface area contributed by atoms with Gasteiger partial charge in [-0.3, -0.25) is 9.36 Å². The van der Waals surface area contributed by atoms with E-state index < -0.39 is 17.2 Å². The number of nitrogens with zero attached hydrogens (tertiary/aromatic N) is 1. The van der Waals surface area contributed by atoms with Gasteiger partial charge in [0, 0.05) is 17.3 Å². The molecule has 2 heterocycles. The summed E-state index contributed by atoms with van der Waals surface area (Å²) < 4.78 is 5.70. The summed E-state index contributed by atoms with van der Waals surface area (Å²) in [4.78, 5) is 36.5. The van der Waals surface area contributed by atoms with Gasteiger partial charge in [0.1, 0.15) is 0 Å². The van der Waals surface area contributed by atoms with E-state index in [2.05, 4.69) is 4.98 Å². The summed E-state index contributed by atoms with van der Waals surface area (Å²) in [6, 6.07) is 1.41. The molecule has 0 saturated carbocycles. The average molecular weight is 250 g/mol. The summed E-state index contributed by atoms with van der Waals surface area (Å²) in [6.07, 6.45) is 2.52. The highest BCUT2D eigenvalue weighted by Crippen LogP contribution is 2.10. The molecular formula is C11H10N2O5. The Balaban J connectivity index is 2.50. The van der Waals surface area contributed by atoms with Crippen LogP contribution < -0.4 is 11.2 Å². The second-order valence-corrected chi connectivity index (χ2v) is 3.75. The third-order valence-electron chi connectivity index (χ3n) is 2.51. The zero-order chi connectivity index (χ0) is 13.3. The first-order chi connectivity index (χ1) is 8.50. The second-order valence-electron chi connectivity index (χ2n) is 3.75. The zero-order valence-electron chi connectivity index (χ0n) is 9.47. The van der Waals surface area contributed by atoms with Crippen molar-refractivity contribution in [2.75, 3.05) is 0 Å². The van der Waals surface area contributed by atoms with Crippen molar-refractivity contribution in [2.45, 2.75) is 13.5 Å². The third kappa shape index (κ3) is 1.97. The molecular weight excluding hydrogens is 240 g/mol. The Morgan fingerprint density at radius 1 is 1.50 bits per heavy atom. The minimum atomic E-state index is -1.24. The molecule has 0 unspecified atom stereocenters. The van der Waals surface area contributed by atoms with E-state index in [1.807, 2.05) is 0 Å². The Hall–Kier alpha value is -2.57. The topological polar surface area (TPSA) is 105 Å². The molecule has 0 fully saturated rings. The van der Waals surface area contributed by atoms with Crippen LogP contribution in [0.1, 0.15) is 21.7 Å². The molecule has 7 heteroatoms. The lowest BCUT2D eigenvalue weighted by atomic mass is 10.2. The second kappa shape index (κ2) is 4.36. The van der Waals surface area contributed by atoms with Crippen LogP contribution in [0.4, 0.5) is 0 Å². The SMILES string of the molecule is Cc1c[nH]c(=O)n(Cc2ccoc2C(=O)O)c1=O. The van der Waals surface area contributed by atoms with Crippen LogP contribution in [0.15, 0.2) is 32.5 Å². The first kappa shape index (κ1) is 11.9.